The molecule has 2 N–H and O–H groups in total. The molecule has 0 aliphatic rings. The van der Waals surface area contributed by atoms with Crippen LogP contribution >= 0.6 is 0 Å². The van der Waals surface area contributed by atoms with Crippen molar-refractivity contribution in [1.29, 1.82) is 0 Å². The number of aromatic nitrogens is 1. The highest BCUT2D eigenvalue weighted by atomic mass is 16.1. The Morgan fingerprint density at radius 1 is 1.14 bits per heavy atom. The second-order valence-corrected chi connectivity index (χ2v) is 5.30. The van der Waals surface area contributed by atoms with Crippen molar-refractivity contribution in [3.63, 3.8) is 0 Å². The van der Waals surface area contributed by atoms with Gasteiger partial charge in [-0.05, 0) is 29.7 Å². The van der Waals surface area contributed by atoms with Gasteiger partial charge in [0.05, 0.1) is 6.42 Å². The van der Waals surface area contributed by atoms with Crippen LogP contribution in [0.2, 0.25) is 0 Å². The molecule has 3 heteroatoms. The predicted molar refractivity (Wildman–Crippen MR) is 85.0 cm³/mol. The Bertz CT molecular complexity index is 759. The lowest BCUT2D eigenvalue weighted by Gasteiger charge is -2.05. The van der Waals surface area contributed by atoms with Crippen molar-refractivity contribution in [1.82, 2.24) is 10.3 Å². The Labute approximate surface area is 124 Å². The maximum absolute atomic E-state index is 12.1. The minimum Gasteiger partial charge on any atom is -0.361 e. The molecule has 21 heavy (non-hydrogen) atoms. The summed E-state index contributed by atoms with van der Waals surface area (Å²) in [5, 5.41) is 4.08. The molecular weight excluding hydrogens is 260 g/mol. The molecule has 2 aromatic carbocycles. The van der Waals surface area contributed by atoms with Gasteiger partial charge in [0.25, 0.3) is 0 Å². The van der Waals surface area contributed by atoms with Gasteiger partial charge in [-0.3, -0.25) is 4.79 Å². The first kappa shape index (κ1) is 13.4. The molecule has 0 aliphatic heterocycles. The van der Waals surface area contributed by atoms with Gasteiger partial charge in [0, 0.05) is 23.6 Å². The molecule has 3 aromatic rings. The summed E-state index contributed by atoms with van der Waals surface area (Å²) >= 11 is 0. The zero-order valence-electron chi connectivity index (χ0n) is 12.0. The van der Waals surface area contributed by atoms with E-state index in [2.05, 4.69) is 35.4 Å². The van der Waals surface area contributed by atoms with Gasteiger partial charge in [0.15, 0.2) is 0 Å². The summed E-state index contributed by atoms with van der Waals surface area (Å²) < 4.78 is 0. The van der Waals surface area contributed by atoms with E-state index in [4.69, 9.17) is 0 Å². The Morgan fingerprint density at radius 3 is 2.76 bits per heavy atom. The van der Waals surface area contributed by atoms with Gasteiger partial charge in [-0.15, -0.1) is 0 Å². The van der Waals surface area contributed by atoms with Gasteiger partial charge in [-0.25, -0.2) is 0 Å². The third-order valence-electron chi connectivity index (χ3n) is 3.61. The summed E-state index contributed by atoms with van der Waals surface area (Å²) in [4.78, 5) is 15.3. The monoisotopic (exact) mass is 278 g/mol. The van der Waals surface area contributed by atoms with Gasteiger partial charge in [-0.2, -0.15) is 0 Å². The van der Waals surface area contributed by atoms with Crippen LogP contribution in [0.4, 0.5) is 0 Å². The van der Waals surface area contributed by atoms with Crippen LogP contribution in [0, 0.1) is 6.92 Å². The van der Waals surface area contributed by atoms with E-state index in [1.165, 1.54) is 5.56 Å². The van der Waals surface area contributed by atoms with Crippen molar-refractivity contribution in [2.45, 2.75) is 19.9 Å². The van der Waals surface area contributed by atoms with E-state index >= 15 is 0 Å². The van der Waals surface area contributed by atoms with Gasteiger partial charge in [0.1, 0.15) is 0 Å². The highest BCUT2D eigenvalue weighted by Crippen LogP contribution is 2.19. The summed E-state index contributed by atoms with van der Waals surface area (Å²) in [5.74, 6) is 0.0420. The van der Waals surface area contributed by atoms with Crippen LogP contribution in [0.25, 0.3) is 10.9 Å². The fraction of sp³-hybridized carbons (Fsp3) is 0.167. The summed E-state index contributed by atoms with van der Waals surface area (Å²) in [6.07, 6.45) is 2.32. The van der Waals surface area contributed by atoms with Gasteiger partial charge >= 0.3 is 0 Å². The first-order valence-electron chi connectivity index (χ1n) is 7.09. The van der Waals surface area contributed by atoms with Crippen molar-refractivity contribution >= 4 is 16.8 Å². The third kappa shape index (κ3) is 3.14. The summed E-state index contributed by atoms with van der Waals surface area (Å²) in [6, 6.07) is 16.2. The van der Waals surface area contributed by atoms with Crippen LogP contribution in [-0.2, 0) is 17.8 Å². The Balaban J connectivity index is 1.66. The fourth-order valence-electron chi connectivity index (χ4n) is 2.48. The van der Waals surface area contributed by atoms with Crippen LogP contribution in [0.1, 0.15) is 16.7 Å². The fourth-order valence-corrected chi connectivity index (χ4v) is 2.48. The second-order valence-electron chi connectivity index (χ2n) is 5.30. The van der Waals surface area contributed by atoms with Gasteiger partial charge < -0.3 is 10.3 Å². The highest BCUT2D eigenvalue weighted by molar-refractivity contribution is 5.89. The lowest BCUT2D eigenvalue weighted by molar-refractivity contribution is -0.120. The molecule has 0 saturated carbocycles. The number of hydrogen-bond donors (Lipinski definition) is 2. The summed E-state index contributed by atoms with van der Waals surface area (Å²) in [6.45, 7) is 2.63. The molecule has 0 bridgehead atoms. The standard InChI is InChI=1S/C18H18N2O/c1-13-7-8-16-15(12-19-17(16)9-13)10-18(21)20-11-14-5-3-2-4-6-14/h2-9,12,19H,10-11H2,1H3,(H,20,21). The number of carbonyl (C=O) groups excluding carboxylic acids is 1. The quantitative estimate of drug-likeness (QED) is 0.755. The molecule has 0 saturated heterocycles. The van der Waals surface area contributed by atoms with Crippen LogP contribution in [0.5, 0.6) is 0 Å². The molecule has 0 unspecified atom stereocenters. The maximum atomic E-state index is 12.1. The number of nitrogens with one attached hydrogen (secondary N) is 2. The molecule has 0 atom stereocenters. The smallest absolute Gasteiger partial charge is 0.224 e. The van der Waals surface area contributed by atoms with Crippen LogP contribution < -0.4 is 5.32 Å². The predicted octanol–water partition coefficient (Wildman–Crippen LogP) is 3.34. The molecule has 0 aliphatic carbocycles. The van der Waals surface area contributed by atoms with E-state index in [0.29, 0.717) is 13.0 Å². The molecule has 3 nitrogen and oxygen atoms in total. The topological polar surface area (TPSA) is 44.9 Å². The van der Waals surface area contributed by atoms with E-state index in [9.17, 15) is 4.79 Å². The Hall–Kier alpha value is -2.55. The first-order valence-corrected chi connectivity index (χ1v) is 7.09. The minimum absolute atomic E-state index is 0.0420. The van der Waals surface area contributed by atoms with Crippen molar-refractivity contribution in [3.8, 4) is 0 Å². The highest BCUT2D eigenvalue weighted by Gasteiger charge is 2.08. The van der Waals surface area contributed by atoms with Crippen molar-refractivity contribution < 1.29 is 4.79 Å². The van der Waals surface area contributed by atoms with Crippen LogP contribution in [0.3, 0.4) is 0 Å². The van der Waals surface area contributed by atoms with E-state index in [0.717, 1.165) is 22.0 Å². The largest absolute Gasteiger partial charge is 0.361 e. The second kappa shape index (κ2) is 5.83. The summed E-state index contributed by atoms with van der Waals surface area (Å²) in [5.41, 5.74) is 4.45. The molecule has 0 fully saturated rings. The maximum Gasteiger partial charge on any atom is 0.224 e. The lowest BCUT2D eigenvalue weighted by Crippen LogP contribution is -2.24. The van der Waals surface area contributed by atoms with Crippen molar-refractivity contribution in [3.05, 3.63) is 71.4 Å². The molecule has 1 aromatic heterocycles. The average molecular weight is 278 g/mol. The number of hydrogen-bond acceptors (Lipinski definition) is 1. The molecule has 106 valence electrons. The number of fused-ring (bicyclic) bond motifs is 1. The SMILES string of the molecule is Cc1ccc2c(CC(=O)NCc3ccccc3)c[nH]c2c1. The number of amides is 1. The molecule has 1 amide bonds. The van der Waals surface area contributed by atoms with Crippen LogP contribution in [-0.4, -0.2) is 10.9 Å². The number of H-pyrrole nitrogens is 1. The number of rotatable bonds is 4. The molecule has 0 spiro atoms. The summed E-state index contributed by atoms with van der Waals surface area (Å²) in [7, 11) is 0. The average Bonchev–Trinajstić information content (AvgIpc) is 2.88. The Morgan fingerprint density at radius 2 is 1.95 bits per heavy atom. The molecule has 0 radical (unpaired) electrons. The molecule has 1 heterocycles. The number of aromatic amines is 1. The zero-order valence-corrected chi connectivity index (χ0v) is 12.0. The molecule has 3 rings (SSSR count). The lowest BCUT2D eigenvalue weighted by atomic mass is 10.1. The van der Waals surface area contributed by atoms with Crippen LogP contribution in [0.15, 0.2) is 54.7 Å². The van der Waals surface area contributed by atoms with Gasteiger partial charge in [-0.1, -0.05) is 42.5 Å². The minimum atomic E-state index is 0.0420. The number of aryl methyl sites for hydroxylation is 1. The normalized spacial score (nSPS) is 10.7. The van der Waals surface area contributed by atoms with E-state index in [1.807, 2.05) is 36.5 Å². The number of benzene rings is 2. The van der Waals surface area contributed by atoms with Gasteiger partial charge in [0.2, 0.25) is 5.91 Å². The van der Waals surface area contributed by atoms with E-state index in [1.54, 1.807) is 0 Å². The first-order chi connectivity index (χ1) is 10.2. The Kier molecular flexibility index (Phi) is 3.73. The number of carbonyl (C=O) groups is 1. The van der Waals surface area contributed by atoms with Crippen molar-refractivity contribution in [2.24, 2.45) is 0 Å². The van der Waals surface area contributed by atoms with Crippen molar-refractivity contribution in [2.75, 3.05) is 0 Å². The zero-order chi connectivity index (χ0) is 14.7. The van der Waals surface area contributed by atoms with E-state index < -0.39 is 0 Å². The molecular formula is C18H18N2O. The van der Waals surface area contributed by atoms with E-state index in [-0.39, 0.29) is 5.91 Å². The third-order valence-corrected chi connectivity index (χ3v) is 3.61.